The second-order valence-electron chi connectivity index (χ2n) is 5.98. The van der Waals surface area contributed by atoms with Crippen LogP contribution in [0.2, 0.25) is 0 Å². The number of nitrogens with zero attached hydrogens (tertiary/aromatic N) is 4. The van der Waals surface area contributed by atoms with E-state index in [0.29, 0.717) is 0 Å². The molecule has 0 radical (unpaired) electrons. The van der Waals surface area contributed by atoms with E-state index in [0.717, 1.165) is 0 Å². The molecule has 0 unspecified atom stereocenters. The van der Waals surface area contributed by atoms with E-state index in [1.807, 2.05) is 0 Å². The minimum Gasteiger partial charge on any atom is -0.463 e. The summed E-state index contributed by atoms with van der Waals surface area (Å²) in [7, 11) is 0. The van der Waals surface area contributed by atoms with Gasteiger partial charge >= 0.3 is 17.9 Å². The van der Waals surface area contributed by atoms with Gasteiger partial charge in [-0.15, -0.1) is 5.10 Å². The van der Waals surface area contributed by atoms with Gasteiger partial charge in [-0.1, -0.05) is 5.21 Å². The summed E-state index contributed by atoms with van der Waals surface area (Å²) in [5.41, 5.74) is -0.368. The standard InChI is InChI=1S/C15H17N5O8/c1-6(21)25-5-10-12(26-7(2)22)13(27-8(3)23)15(28-10)20-9-4-16-18-14(24)11(9)17-19-20/h4,10,12-13,15H,5H2,1-3H3,(H,18,24)/t10-,12-,13-,15-/m1/s1. The van der Waals surface area contributed by atoms with Gasteiger partial charge in [0.1, 0.15) is 18.2 Å². The Bertz CT molecular complexity index is 969. The smallest absolute Gasteiger partial charge is 0.303 e. The second-order valence-corrected chi connectivity index (χ2v) is 5.98. The Labute approximate surface area is 156 Å². The molecule has 0 spiro atoms. The van der Waals surface area contributed by atoms with Gasteiger partial charge in [-0.05, 0) is 0 Å². The lowest BCUT2D eigenvalue weighted by molar-refractivity contribution is -0.166. The molecule has 1 aliphatic rings. The first-order valence-corrected chi connectivity index (χ1v) is 8.19. The second kappa shape index (κ2) is 7.72. The number of nitrogens with one attached hydrogen (secondary N) is 1. The summed E-state index contributed by atoms with van der Waals surface area (Å²) < 4.78 is 22.5. The SMILES string of the molecule is CC(=O)OC[C@H]1O[C@@H](n2nnc3c(=O)[nH]ncc32)[C@H](OC(C)=O)[C@@H]1OC(C)=O. The van der Waals surface area contributed by atoms with Crippen LogP contribution in [-0.4, -0.2) is 68.0 Å². The van der Waals surface area contributed by atoms with Crippen LogP contribution in [0.25, 0.3) is 11.0 Å². The Morgan fingerprint density at radius 3 is 2.46 bits per heavy atom. The van der Waals surface area contributed by atoms with Gasteiger partial charge in [-0.25, -0.2) is 9.78 Å². The van der Waals surface area contributed by atoms with Crippen molar-refractivity contribution in [3.8, 4) is 0 Å². The zero-order valence-corrected chi connectivity index (χ0v) is 15.1. The van der Waals surface area contributed by atoms with Crippen LogP contribution in [0.15, 0.2) is 11.0 Å². The first-order valence-electron chi connectivity index (χ1n) is 8.19. The van der Waals surface area contributed by atoms with Crippen molar-refractivity contribution in [2.45, 2.75) is 45.3 Å². The molecule has 3 heterocycles. The molecule has 2 aromatic rings. The molecular weight excluding hydrogens is 378 g/mol. The van der Waals surface area contributed by atoms with Crippen LogP contribution in [0.3, 0.4) is 0 Å². The van der Waals surface area contributed by atoms with E-state index in [-0.39, 0.29) is 17.6 Å². The number of carbonyl (C=O) groups is 3. The summed E-state index contributed by atoms with van der Waals surface area (Å²) in [5.74, 6) is -1.88. The third-order valence-electron chi connectivity index (χ3n) is 3.88. The third kappa shape index (κ3) is 3.83. The number of hydrogen-bond acceptors (Lipinski definition) is 11. The van der Waals surface area contributed by atoms with Gasteiger partial charge in [0.2, 0.25) is 0 Å². The molecule has 28 heavy (non-hydrogen) atoms. The highest BCUT2D eigenvalue weighted by Crippen LogP contribution is 2.35. The highest BCUT2D eigenvalue weighted by molar-refractivity contribution is 5.72. The molecule has 13 nitrogen and oxygen atoms in total. The molecule has 2 aromatic heterocycles. The van der Waals surface area contributed by atoms with Crippen LogP contribution in [0.5, 0.6) is 0 Å². The van der Waals surface area contributed by atoms with E-state index in [4.69, 9.17) is 18.9 Å². The van der Waals surface area contributed by atoms with E-state index in [1.165, 1.54) is 31.6 Å². The average Bonchev–Trinajstić information content (AvgIpc) is 3.16. The van der Waals surface area contributed by atoms with Crippen molar-refractivity contribution in [1.82, 2.24) is 25.2 Å². The summed E-state index contributed by atoms with van der Waals surface area (Å²) >= 11 is 0. The molecule has 0 bridgehead atoms. The largest absolute Gasteiger partial charge is 0.463 e. The van der Waals surface area contributed by atoms with Gasteiger partial charge in [0, 0.05) is 20.8 Å². The number of hydrogen-bond donors (Lipinski definition) is 1. The molecule has 150 valence electrons. The van der Waals surface area contributed by atoms with Crippen LogP contribution >= 0.6 is 0 Å². The highest BCUT2D eigenvalue weighted by Gasteiger charge is 2.51. The molecule has 1 aliphatic heterocycles. The summed E-state index contributed by atoms with van der Waals surface area (Å²) in [6, 6.07) is 0. The number of ether oxygens (including phenoxy) is 4. The lowest BCUT2D eigenvalue weighted by atomic mass is 10.1. The summed E-state index contributed by atoms with van der Waals surface area (Å²) in [5, 5.41) is 13.6. The van der Waals surface area contributed by atoms with Gasteiger partial charge in [-0.2, -0.15) is 5.10 Å². The molecule has 1 N–H and O–H groups in total. The molecular formula is C15H17N5O8. The number of carbonyl (C=O) groups excluding carboxylic acids is 3. The molecule has 13 heteroatoms. The van der Waals surface area contributed by atoms with Crippen LogP contribution in [0.4, 0.5) is 0 Å². The van der Waals surface area contributed by atoms with Crippen LogP contribution in [0, 0.1) is 0 Å². The summed E-state index contributed by atoms with van der Waals surface area (Å²) in [6.07, 6.45) is -2.98. The van der Waals surface area contributed by atoms with Crippen molar-refractivity contribution < 1.29 is 33.3 Å². The van der Waals surface area contributed by atoms with Gasteiger partial charge in [0.05, 0.1) is 6.20 Å². The van der Waals surface area contributed by atoms with Crippen molar-refractivity contribution >= 4 is 28.9 Å². The average molecular weight is 395 g/mol. The van der Waals surface area contributed by atoms with E-state index in [9.17, 15) is 19.2 Å². The molecule has 0 amide bonds. The lowest BCUT2D eigenvalue weighted by Crippen LogP contribution is -2.40. The molecule has 4 atom stereocenters. The first kappa shape index (κ1) is 19.4. The topological polar surface area (TPSA) is 165 Å². The van der Waals surface area contributed by atoms with E-state index in [2.05, 4.69) is 20.5 Å². The Morgan fingerprint density at radius 2 is 1.82 bits per heavy atom. The zero-order valence-electron chi connectivity index (χ0n) is 15.1. The molecule has 3 rings (SSSR count). The third-order valence-corrected chi connectivity index (χ3v) is 3.88. The van der Waals surface area contributed by atoms with Gasteiger partial charge < -0.3 is 18.9 Å². The number of esters is 3. The molecule has 0 saturated carbocycles. The quantitative estimate of drug-likeness (QED) is 0.479. The predicted octanol–water partition coefficient (Wildman–Crippen LogP) is -1.16. The lowest BCUT2D eigenvalue weighted by Gasteiger charge is -2.23. The zero-order chi connectivity index (χ0) is 20.4. The highest BCUT2D eigenvalue weighted by atomic mass is 16.7. The Morgan fingerprint density at radius 1 is 1.14 bits per heavy atom. The first-order chi connectivity index (χ1) is 13.3. The Balaban J connectivity index is 2.02. The fraction of sp³-hybridized carbons (Fsp3) is 0.533. The molecule has 1 saturated heterocycles. The number of H-pyrrole nitrogens is 1. The number of rotatable bonds is 5. The van der Waals surface area contributed by atoms with Gasteiger partial charge in [-0.3, -0.25) is 19.2 Å². The maximum Gasteiger partial charge on any atom is 0.303 e. The maximum absolute atomic E-state index is 11.8. The van der Waals surface area contributed by atoms with Gasteiger partial charge in [0.15, 0.2) is 24.0 Å². The normalized spacial score (nSPS) is 24.1. The van der Waals surface area contributed by atoms with E-state index < -0.39 is 48.0 Å². The van der Waals surface area contributed by atoms with Crippen molar-refractivity contribution in [3.05, 3.63) is 16.6 Å². The molecule has 1 fully saturated rings. The van der Waals surface area contributed by atoms with Crippen molar-refractivity contribution in [2.75, 3.05) is 6.61 Å². The van der Waals surface area contributed by atoms with E-state index in [1.54, 1.807) is 0 Å². The fourth-order valence-corrected chi connectivity index (χ4v) is 2.87. The molecule has 0 aromatic carbocycles. The fourth-order valence-electron chi connectivity index (χ4n) is 2.87. The number of aromatic nitrogens is 5. The van der Waals surface area contributed by atoms with Crippen molar-refractivity contribution in [3.63, 3.8) is 0 Å². The van der Waals surface area contributed by atoms with Crippen LogP contribution in [-0.2, 0) is 33.3 Å². The Hall–Kier alpha value is -3.35. The van der Waals surface area contributed by atoms with E-state index >= 15 is 0 Å². The van der Waals surface area contributed by atoms with Crippen LogP contribution in [0.1, 0.15) is 27.0 Å². The van der Waals surface area contributed by atoms with Crippen molar-refractivity contribution in [2.24, 2.45) is 0 Å². The predicted molar refractivity (Wildman–Crippen MR) is 87.6 cm³/mol. The maximum atomic E-state index is 11.8. The monoisotopic (exact) mass is 395 g/mol. The summed E-state index contributed by atoms with van der Waals surface area (Å²) in [6.45, 7) is 3.30. The van der Waals surface area contributed by atoms with Crippen LogP contribution < -0.4 is 5.56 Å². The van der Waals surface area contributed by atoms with Crippen molar-refractivity contribution in [1.29, 1.82) is 0 Å². The number of fused-ring (bicyclic) bond motifs is 1. The minimum absolute atomic E-state index is 0.00681. The number of aromatic amines is 1. The Kier molecular flexibility index (Phi) is 5.35. The minimum atomic E-state index is -1.13. The summed E-state index contributed by atoms with van der Waals surface area (Å²) in [4.78, 5) is 46.2. The van der Waals surface area contributed by atoms with Gasteiger partial charge in [0.25, 0.3) is 5.56 Å². The molecule has 0 aliphatic carbocycles.